The first-order valence-electron chi connectivity index (χ1n) is 10.6. The number of aromatic nitrogens is 2. The molecule has 1 aliphatic heterocycles. The number of nitrogens with two attached hydrogens (primary N) is 1. The van der Waals surface area contributed by atoms with Gasteiger partial charge < -0.3 is 36.5 Å². The maximum Gasteiger partial charge on any atom is 0.326 e. The molecule has 1 fully saturated rings. The molecule has 4 unspecified atom stereocenters. The van der Waals surface area contributed by atoms with E-state index in [0.717, 1.165) is 0 Å². The minimum absolute atomic E-state index is 0.0404. The van der Waals surface area contributed by atoms with Crippen LogP contribution in [0.2, 0.25) is 0 Å². The van der Waals surface area contributed by atoms with Gasteiger partial charge in [-0.3, -0.25) is 14.4 Å². The number of hydrogen-bond donors (Lipinski definition) is 6. The number of carboxylic acids is 1. The van der Waals surface area contributed by atoms with Crippen molar-refractivity contribution < 1.29 is 29.4 Å². The van der Waals surface area contributed by atoms with Crippen LogP contribution in [0.3, 0.4) is 0 Å². The molecule has 0 radical (unpaired) electrons. The summed E-state index contributed by atoms with van der Waals surface area (Å²) in [5, 5.41) is 23.7. The predicted molar refractivity (Wildman–Crippen MR) is 113 cm³/mol. The highest BCUT2D eigenvalue weighted by Crippen LogP contribution is 2.20. The van der Waals surface area contributed by atoms with Gasteiger partial charge in [-0.2, -0.15) is 0 Å². The van der Waals surface area contributed by atoms with E-state index in [1.54, 1.807) is 0 Å². The topological polar surface area (TPSA) is 191 Å². The summed E-state index contributed by atoms with van der Waals surface area (Å²) in [6.45, 7) is 3.48. The molecular formula is C20H32N6O6. The van der Waals surface area contributed by atoms with Gasteiger partial charge >= 0.3 is 5.97 Å². The Morgan fingerprint density at radius 2 is 1.94 bits per heavy atom. The molecular weight excluding hydrogens is 420 g/mol. The summed E-state index contributed by atoms with van der Waals surface area (Å²) >= 11 is 0. The molecule has 0 aromatic carbocycles. The third-order valence-corrected chi connectivity index (χ3v) is 5.29. The highest BCUT2D eigenvalue weighted by atomic mass is 16.4. The molecule has 2 rings (SSSR count). The van der Waals surface area contributed by atoms with E-state index >= 15 is 0 Å². The Hall–Kier alpha value is -2.99. The third kappa shape index (κ3) is 6.76. The first-order valence-corrected chi connectivity index (χ1v) is 10.6. The van der Waals surface area contributed by atoms with Crippen LogP contribution < -0.4 is 16.4 Å². The number of aliphatic carboxylic acids is 1. The number of imidazole rings is 1. The molecule has 32 heavy (non-hydrogen) atoms. The molecule has 178 valence electrons. The van der Waals surface area contributed by atoms with Crippen molar-refractivity contribution in [1.82, 2.24) is 25.5 Å². The second-order valence-electron chi connectivity index (χ2n) is 8.35. The van der Waals surface area contributed by atoms with Crippen LogP contribution in [0.15, 0.2) is 12.5 Å². The van der Waals surface area contributed by atoms with Gasteiger partial charge in [-0.05, 0) is 25.2 Å². The fourth-order valence-electron chi connectivity index (χ4n) is 3.64. The first-order chi connectivity index (χ1) is 15.1. The standard InChI is InChI=1S/C20H32N6O6/c1-11(2)6-15(19(30)26-5-3-4-16(26)20(31)32)25-18(29)14(7-12-8-22-10-23-12)24-17(28)13(21)9-27/h8,10-11,13-16,27H,3-7,9,21H2,1-2H3,(H,22,23)(H,24,28)(H,25,29)(H,31,32). The number of aliphatic hydroxyl groups is 1. The van der Waals surface area contributed by atoms with Crippen molar-refractivity contribution in [3.8, 4) is 0 Å². The summed E-state index contributed by atoms with van der Waals surface area (Å²) in [7, 11) is 0. The lowest BCUT2D eigenvalue weighted by Crippen LogP contribution is -2.58. The van der Waals surface area contributed by atoms with Crippen molar-refractivity contribution in [2.75, 3.05) is 13.2 Å². The zero-order valence-corrected chi connectivity index (χ0v) is 18.3. The summed E-state index contributed by atoms with van der Waals surface area (Å²) in [6.07, 6.45) is 4.21. The fraction of sp³-hybridized carbons (Fsp3) is 0.650. The molecule has 2 heterocycles. The van der Waals surface area contributed by atoms with Crippen LogP contribution in [0.5, 0.6) is 0 Å². The average Bonchev–Trinajstić information content (AvgIpc) is 3.43. The van der Waals surface area contributed by atoms with E-state index < -0.39 is 54.5 Å². The van der Waals surface area contributed by atoms with Crippen molar-refractivity contribution in [2.45, 2.75) is 63.7 Å². The van der Waals surface area contributed by atoms with Crippen LogP contribution in [0.1, 0.15) is 38.8 Å². The van der Waals surface area contributed by atoms with Crippen LogP contribution >= 0.6 is 0 Å². The minimum atomic E-state index is -1.21. The maximum absolute atomic E-state index is 13.1. The number of likely N-dealkylation sites (tertiary alicyclic amines) is 1. The third-order valence-electron chi connectivity index (χ3n) is 5.29. The molecule has 7 N–H and O–H groups in total. The van der Waals surface area contributed by atoms with E-state index in [1.807, 2.05) is 13.8 Å². The Labute approximate surface area is 185 Å². The molecule has 1 saturated heterocycles. The number of aromatic amines is 1. The van der Waals surface area contributed by atoms with Crippen LogP contribution in [0.4, 0.5) is 0 Å². The Morgan fingerprint density at radius 3 is 2.50 bits per heavy atom. The highest BCUT2D eigenvalue weighted by molar-refractivity contribution is 5.94. The Bertz CT molecular complexity index is 799. The van der Waals surface area contributed by atoms with Gasteiger partial charge in [0.15, 0.2) is 0 Å². The smallest absolute Gasteiger partial charge is 0.326 e. The van der Waals surface area contributed by atoms with Gasteiger partial charge in [0.1, 0.15) is 24.2 Å². The van der Waals surface area contributed by atoms with Crippen LogP contribution in [0.25, 0.3) is 0 Å². The molecule has 0 saturated carbocycles. The van der Waals surface area contributed by atoms with Crippen molar-refractivity contribution in [2.24, 2.45) is 11.7 Å². The number of H-pyrrole nitrogens is 1. The van der Waals surface area contributed by atoms with Gasteiger partial charge in [-0.25, -0.2) is 9.78 Å². The molecule has 1 aromatic rings. The summed E-state index contributed by atoms with van der Waals surface area (Å²) < 4.78 is 0. The van der Waals surface area contributed by atoms with E-state index in [4.69, 9.17) is 10.8 Å². The lowest BCUT2D eigenvalue weighted by Gasteiger charge is -2.29. The van der Waals surface area contributed by atoms with Gasteiger partial charge in [0, 0.05) is 24.9 Å². The molecule has 1 aromatic heterocycles. The number of aliphatic hydroxyl groups excluding tert-OH is 1. The first kappa shape index (κ1) is 25.3. The molecule has 1 aliphatic rings. The van der Waals surface area contributed by atoms with E-state index in [0.29, 0.717) is 31.5 Å². The van der Waals surface area contributed by atoms with Crippen molar-refractivity contribution >= 4 is 23.7 Å². The van der Waals surface area contributed by atoms with Crippen LogP contribution in [-0.4, -0.2) is 86.1 Å². The van der Waals surface area contributed by atoms with Crippen LogP contribution in [0, 0.1) is 5.92 Å². The maximum atomic E-state index is 13.1. The summed E-state index contributed by atoms with van der Waals surface area (Å²) in [4.78, 5) is 58.0. The molecule has 4 atom stereocenters. The Morgan fingerprint density at radius 1 is 1.25 bits per heavy atom. The van der Waals surface area contributed by atoms with Crippen molar-refractivity contribution in [3.05, 3.63) is 18.2 Å². The van der Waals surface area contributed by atoms with Crippen molar-refractivity contribution in [3.63, 3.8) is 0 Å². The zero-order valence-electron chi connectivity index (χ0n) is 18.3. The second kappa shape index (κ2) is 11.6. The van der Waals surface area contributed by atoms with E-state index in [9.17, 15) is 24.3 Å². The van der Waals surface area contributed by atoms with E-state index in [2.05, 4.69) is 20.6 Å². The summed E-state index contributed by atoms with van der Waals surface area (Å²) in [5.41, 5.74) is 6.12. The molecule has 12 nitrogen and oxygen atoms in total. The number of carboxylic acid groups (broad SMARTS) is 1. The number of nitrogens with zero attached hydrogens (tertiary/aromatic N) is 2. The number of rotatable bonds is 11. The SMILES string of the molecule is CC(C)CC(NC(=O)C(Cc1cnc[nH]1)NC(=O)C(N)CO)C(=O)N1CCCC1C(=O)O. The number of hydrogen-bond acceptors (Lipinski definition) is 7. The normalized spacial score (nSPS) is 18.8. The van der Waals surface area contributed by atoms with Gasteiger partial charge in [-0.1, -0.05) is 13.8 Å². The monoisotopic (exact) mass is 452 g/mol. The van der Waals surface area contributed by atoms with Gasteiger partial charge in [0.05, 0.1) is 12.9 Å². The van der Waals surface area contributed by atoms with E-state index in [1.165, 1.54) is 17.4 Å². The second-order valence-corrected chi connectivity index (χ2v) is 8.35. The van der Waals surface area contributed by atoms with Gasteiger partial charge in [0.25, 0.3) is 0 Å². The lowest BCUT2D eigenvalue weighted by atomic mass is 10.0. The summed E-state index contributed by atoms with van der Waals surface area (Å²) in [6, 6.07) is -4.16. The molecule has 0 spiro atoms. The van der Waals surface area contributed by atoms with Gasteiger partial charge in [-0.15, -0.1) is 0 Å². The Kier molecular flexibility index (Phi) is 9.14. The lowest BCUT2D eigenvalue weighted by molar-refractivity contribution is -0.149. The fourth-order valence-corrected chi connectivity index (χ4v) is 3.64. The van der Waals surface area contributed by atoms with Gasteiger partial charge in [0.2, 0.25) is 17.7 Å². The molecule has 3 amide bonds. The molecule has 12 heteroatoms. The van der Waals surface area contributed by atoms with Crippen LogP contribution in [-0.2, 0) is 25.6 Å². The summed E-state index contributed by atoms with van der Waals surface area (Å²) in [5.74, 6) is -2.84. The minimum Gasteiger partial charge on any atom is -0.480 e. The largest absolute Gasteiger partial charge is 0.480 e. The predicted octanol–water partition coefficient (Wildman–Crippen LogP) is -1.64. The molecule has 0 bridgehead atoms. The number of nitrogens with one attached hydrogen (secondary N) is 3. The highest BCUT2D eigenvalue weighted by Gasteiger charge is 2.38. The van der Waals surface area contributed by atoms with Crippen molar-refractivity contribution in [1.29, 1.82) is 0 Å². The number of amides is 3. The average molecular weight is 453 g/mol. The Balaban J connectivity index is 2.19. The van der Waals surface area contributed by atoms with E-state index in [-0.39, 0.29) is 12.3 Å². The number of carbonyl (C=O) groups excluding carboxylic acids is 3. The quantitative estimate of drug-likeness (QED) is 0.230. The number of carbonyl (C=O) groups is 4. The molecule has 0 aliphatic carbocycles. The zero-order chi connectivity index (χ0) is 23.8.